The Bertz CT molecular complexity index is 153. The molecule has 2 rings (SSSR count). The van der Waals surface area contributed by atoms with Gasteiger partial charge in [0.1, 0.15) is 0 Å². The first kappa shape index (κ1) is 21.2. The number of hydrogen-bond donors (Lipinski definition) is 2. The highest BCUT2D eigenvalue weighted by Gasteiger charge is 2.19. The average Bonchev–Trinajstić information content (AvgIpc) is 2.83. The minimum Gasteiger partial charge on any atom is -0.393 e. The minimum absolute atomic E-state index is 0.00347. The van der Waals surface area contributed by atoms with Crippen LogP contribution in [0.4, 0.5) is 0 Å². The third kappa shape index (κ3) is 10.4. The molecule has 118 valence electrons. The highest BCUT2D eigenvalue weighted by atomic mass is 16.3. The van der Waals surface area contributed by atoms with Gasteiger partial charge in [-0.2, -0.15) is 0 Å². The molecular formula is C17H38O2. The van der Waals surface area contributed by atoms with Crippen LogP contribution in [0.5, 0.6) is 0 Å². The maximum absolute atomic E-state index is 9.18. The Morgan fingerprint density at radius 3 is 1.11 bits per heavy atom. The van der Waals surface area contributed by atoms with Crippen LogP contribution in [0.15, 0.2) is 0 Å². The fourth-order valence-electron chi connectivity index (χ4n) is 2.42. The van der Waals surface area contributed by atoms with Crippen LogP contribution in [0.3, 0.4) is 0 Å². The largest absolute Gasteiger partial charge is 0.393 e. The molecule has 0 aromatic carbocycles. The SMILES string of the molecule is CC.CC.CC1CCCC1O.CC1CCCCC1O. The first-order chi connectivity index (χ1) is 9.11. The van der Waals surface area contributed by atoms with Crippen LogP contribution in [0.25, 0.3) is 0 Å². The monoisotopic (exact) mass is 274 g/mol. The summed E-state index contributed by atoms with van der Waals surface area (Å²) in [4.78, 5) is 0. The standard InChI is InChI=1S/C7H14O.C6H12O.2C2H6/c1-6-4-2-3-5-7(6)8;1-5-3-2-4-6(5)7;2*1-2/h6-8H,2-5H2,1H3;5-7H,2-4H2,1H3;2*1-2H3. The zero-order valence-corrected chi connectivity index (χ0v) is 14.2. The summed E-state index contributed by atoms with van der Waals surface area (Å²) in [5.41, 5.74) is 0. The van der Waals surface area contributed by atoms with E-state index in [1.165, 1.54) is 32.1 Å². The van der Waals surface area contributed by atoms with E-state index in [0.717, 1.165) is 12.8 Å². The number of hydrogen-bond acceptors (Lipinski definition) is 2. The molecule has 0 amide bonds. The Morgan fingerprint density at radius 2 is 0.895 bits per heavy atom. The van der Waals surface area contributed by atoms with E-state index in [0.29, 0.717) is 11.8 Å². The molecule has 0 radical (unpaired) electrons. The molecule has 2 N–H and O–H groups in total. The van der Waals surface area contributed by atoms with E-state index in [1.54, 1.807) is 0 Å². The number of rotatable bonds is 0. The van der Waals surface area contributed by atoms with Gasteiger partial charge in [0, 0.05) is 0 Å². The molecule has 2 fully saturated rings. The molecule has 0 saturated heterocycles. The lowest BCUT2D eigenvalue weighted by Gasteiger charge is -2.23. The van der Waals surface area contributed by atoms with Crippen LogP contribution in [-0.2, 0) is 0 Å². The van der Waals surface area contributed by atoms with Crippen LogP contribution in [0.2, 0.25) is 0 Å². The Hall–Kier alpha value is -0.0800. The van der Waals surface area contributed by atoms with E-state index >= 15 is 0 Å². The van der Waals surface area contributed by atoms with Crippen molar-refractivity contribution >= 4 is 0 Å². The summed E-state index contributed by atoms with van der Waals surface area (Å²) in [7, 11) is 0. The van der Waals surface area contributed by atoms with Gasteiger partial charge in [-0.15, -0.1) is 0 Å². The zero-order chi connectivity index (χ0) is 15.3. The third-order valence-corrected chi connectivity index (χ3v) is 3.88. The van der Waals surface area contributed by atoms with Crippen molar-refractivity contribution in [1.82, 2.24) is 0 Å². The summed E-state index contributed by atoms with van der Waals surface area (Å²) in [5, 5.41) is 18.2. The maximum Gasteiger partial charge on any atom is 0.0565 e. The van der Waals surface area contributed by atoms with Crippen molar-refractivity contribution in [2.75, 3.05) is 0 Å². The summed E-state index contributed by atoms with van der Waals surface area (Å²) in [6.45, 7) is 12.2. The Labute approximate surface area is 121 Å². The predicted octanol–water partition coefficient (Wildman–Crippen LogP) is 4.78. The molecule has 0 aromatic rings. The Morgan fingerprint density at radius 1 is 0.579 bits per heavy atom. The van der Waals surface area contributed by atoms with Gasteiger partial charge in [-0.25, -0.2) is 0 Å². The van der Waals surface area contributed by atoms with Crippen molar-refractivity contribution in [2.24, 2.45) is 11.8 Å². The lowest BCUT2D eigenvalue weighted by atomic mass is 9.88. The average molecular weight is 274 g/mol. The summed E-state index contributed by atoms with van der Waals surface area (Å²) < 4.78 is 0. The van der Waals surface area contributed by atoms with Crippen LogP contribution >= 0.6 is 0 Å². The molecular weight excluding hydrogens is 236 g/mol. The summed E-state index contributed by atoms with van der Waals surface area (Å²) >= 11 is 0. The molecule has 0 aromatic heterocycles. The van der Waals surface area contributed by atoms with E-state index in [1.807, 2.05) is 27.7 Å². The van der Waals surface area contributed by atoms with Gasteiger partial charge in [0.2, 0.25) is 0 Å². The van der Waals surface area contributed by atoms with Crippen molar-refractivity contribution in [3.8, 4) is 0 Å². The van der Waals surface area contributed by atoms with Crippen LogP contribution in [0.1, 0.15) is 86.5 Å². The van der Waals surface area contributed by atoms with Gasteiger partial charge in [0.15, 0.2) is 0 Å². The fraction of sp³-hybridized carbons (Fsp3) is 1.00. The number of aliphatic hydroxyl groups is 2. The van der Waals surface area contributed by atoms with Gasteiger partial charge in [-0.3, -0.25) is 0 Å². The van der Waals surface area contributed by atoms with Crippen LogP contribution < -0.4 is 0 Å². The molecule has 2 aliphatic carbocycles. The molecule has 2 aliphatic rings. The maximum atomic E-state index is 9.18. The minimum atomic E-state index is 0.00347. The highest BCUT2D eigenvalue weighted by molar-refractivity contribution is 4.71. The molecule has 0 spiro atoms. The van der Waals surface area contributed by atoms with Crippen LogP contribution in [0, 0.1) is 11.8 Å². The fourth-order valence-corrected chi connectivity index (χ4v) is 2.42. The second-order valence-corrected chi connectivity index (χ2v) is 5.30. The van der Waals surface area contributed by atoms with E-state index < -0.39 is 0 Å². The third-order valence-electron chi connectivity index (χ3n) is 3.88. The molecule has 0 heterocycles. The Kier molecular flexibility index (Phi) is 16.0. The molecule has 4 atom stereocenters. The normalized spacial score (nSPS) is 32.8. The molecule has 0 aliphatic heterocycles. The van der Waals surface area contributed by atoms with Gasteiger partial charge in [0.25, 0.3) is 0 Å². The van der Waals surface area contributed by atoms with E-state index in [9.17, 15) is 5.11 Å². The molecule has 2 saturated carbocycles. The molecule has 0 bridgehead atoms. The molecule has 4 unspecified atom stereocenters. The number of aliphatic hydroxyl groups excluding tert-OH is 2. The van der Waals surface area contributed by atoms with Crippen molar-refractivity contribution in [3.63, 3.8) is 0 Å². The summed E-state index contributed by atoms with van der Waals surface area (Å²) in [6.07, 6.45) is 8.29. The van der Waals surface area contributed by atoms with Crippen molar-refractivity contribution in [1.29, 1.82) is 0 Å². The summed E-state index contributed by atoms with van der Waals surface area (Å²) in [6, 6.07) is 0. The van der Waals surface area contributed by atoms with Crippen LogP contribution in [-0.4, -0.2) is 22.4 Å². The second-order valence-electron chi connectivity index (χ2n) is 5.30. The van der Waals surface area contributed by atoms with Crippen molar-refractivity contribution in [3.05, 3.63) is 0 Å². The molecule has 2 heteroatoms. The van der Waals surface area contributed by atoms with Crippen molar-refractivity contribution in [2.45, 2.75) is 98.7 Å². The highest BCUT2D eigenvalue weighted by Crippen LogP contribution is 2.24. The lowest BCUT2D eigenvalue weighted by Crippen LogP contribution is -2.21. The summed E-state index contributed by atoms with van der Waals surface area (Å²) in [5.74, 6) is 1.13. The molecule has 2 nitrogen and oxygen atoms in total. The van der Waals surface area contributed by atoms with E-state index in [-0.39, 0.29) is 12.2 Å². The second kappa shape index (κ2) is 14.3. The zero-order valence-electron chi connectivity index (χ0n) is 14.2. The lowest BCUT2D eigenvalue weighted by molar-refractivity contribution is 0.0793. The van der Waals surface area contributed by atoms with Gasteiger partial charge >= 0.3 is 0 Å². The van der Waals surface area contributed by atoms with E-state index in [4.69, 9.17) is 5.11 Å². The molecule has 19 heavy (non-hydrogen) atoms. The Balaban J connectivity index is 0. The van der Waals surface area contributed by atoms with E-state index in [2.05, 4.69) is 13.8 Å². The topological polar surface area (TPSA) is 40.5 Å². The quantitative estimate of drug-likeness (QED) is 0.667. The predicted molar refractivity (Wildman–Crippen MR) is 85.4 cm³/mol. The first-order valence-corrected chi connectivity index (χ1v) is 8.47. The van der Waals surface area contributed by atoms with Gasteiger partial charge in [-0.1, -0.05) is 60.8 Å². The smallest absolute Gasteiger partial charge is 0.0565 e. The van der Waals surface area contributed by atoms with Gasteiger partial charge in [0.05, 0.1) is 12.2 Å². The van der Waals surface area contributed by atoms with Gasteiger partial charge < -0.3 is 10.2 Å². The van der Waals surface area contributed by atoms with Gasteiger partial charge in [-0.05, 0) is 37.5 Å². The van der Waals surface area contributed by atoms with Crippen molar-refractivity contribution < 1.29 is 10.2 Å². The first-order valence-electron chi connectivity index (χ1n) is 8.47.